The van der Waals surface area contributed by atoms with Crippen LogP contribution in [0.2, 0.25) is 0 Å². The zero-order valence-electron chi connectivity index (χ0n) is 27.1. The van der Waals surface area contributed by atoms with Crippen molar-refractivity contribution in [3.63, 3.8) is 0 Å². The predicted octanol–water partition coefficient (Wildman–Crippen LogP) is 12.3. The van der Waals surface area contributed by atoms with Crippen molar-refractivity contribution in [3.05, 3.63) is 176 Å². The van der Waals surface area contributed by atoms with Gasteiger partial charge >= 0.3 is 0 Å². The van der Waals surface area contributed by atoms with Crippen LogP contribution in [0.4, 0.5) is 0 Å². The standard InChI is InChI=1S/C47H29N3/c1-4-16-35-30(11-1)14-9-20-38(35)44-29-43(49-47(50-44)39-21-10-15-31-12-2-5-17-36(31)39)33-23-25-34(26-24-33)46-41-28-27-32-13-3-6-18-37(32)45(41)40-19-7-8-22-42(40)48-46/h1-29H. The monoisotopic (exact) mass is 635 g/mol. The number of hydrogen-bond donors (Lipinski definition) is 0. The molecule has 0 fully saturated rings. The fourth-order valence-electron chi connectivity index (χ4n) is 7.46. The number of hydrogen-bond acceptors (Lipinski definition) is 3. The van der Waals surface area contributed by atoms with Crippen molar-refractivity contribution in [2.24, 2.45) is 0 Å². The molecule has 50 heavy (non-hydrogen) atoms. The smallest absolute Gasteiger partial charge is 0.161 e. The first-order valence-corrected chi connectivity index (χ1v) is 16.9. The summed E-state index contributed by atoms with van der Waals surface area (Å²) in [5, 5.41) is 10.7. The summed E-state index contributed by atoms with van der Waals surface area (Å²) >= 11 is 0. The first kappa shape index (κ1) is 28.3. The predicted molar refractivity (Wildman–Crippen MR) is 209 cm³/mol. The molecule has 8 aromatic carbocycles. The Morgan fingerprint density at radius 2 is 0.860 bits per heavy atom. The Morgan fingerprint density at radius 3 is 1.60 bits per heavy atom. The molecule has 0 radical (unpaired) electrons. The van der Waals surface area contributed by atoms with Crippen LogP contribution < -0.4 is 0 Å². The Hall–Kier alpha value is -6.71. The normalized spacial score (nSPS) is 11.6. The van der Waals surface area contributed by atoms with E-state index in [4.69, 9.17) is 15.0 Å². The highest BCUT2D eigenvalue weighted by Crippen LogP contribution is 2.38. The lowest BCUT2D eigenvalue weighted by molar-refractivity contribution is 1.19. The van der Waals surface area contributed by atoms with Crippen LogP contribution in [0.5, 0.6) is 0 Å². The van der Waals surface area contributed by atoms with E-state index in [1.54, 1.807) is 0 Å². The van der Waals surface area contributed by atoms with Crippen LogP contribution in [0, 0.1) is 0 Å². The van der Waals surface area contributed by atoms with Gasteiger partial charge in [-0.2, -0.15) is 0 Å². The largest absolute Gasteiger partial charge is 0.247 e. The molecule has 0 atom stereocenters. The summed E-state index contributed by atoms with van der Waals surface area (Å²) in [5.74, 6) is 0.709. The molecule has 0 bridgehead atoms. The molecule has 0 aliphatic carbocycles. The van der Waals surface area contributed by atoms with Crippen LogP contribution in [-0.4, -0.2) is 15.0 Å². The van der Waals surface area contributed by atoms with Gasteiger partial charge in [-0.25, -0.2) is 15.0 Å². The van der Waals surface area contributed by atoms with Crippen LogP contribution >= 0.6 is 0 Å². The summed E-state index contributed by atoms with van der Waals surface area (Å²) in [4.78, 5) is 15.7. The second kappa shape index (κ2) is 11.5. The molecule has 0 amide bonds. The highest BCUT2D eigenvalue weighted by atomic mass is 14.9. The van der Waals surface area contributed by atoms with Crippen molar-refractivity contribution < 1.29 is 0 Å². The molecule has 0 aliphatic rings. The molecule has 0 unspecified atom stereocenters. The topological polar surface area (TPSA) is 38.7 Å². The number of nitrogens with zero attached hydrogens (tertiary/aromatic N) is 3. The Kier molecular flexibility index (Phi) is 6.49. The van der Waals surface area contributed by atoms with Gasteiger partial charge in [0.1, 0.15) is 0 Å². The van der Waals surface area contributed by atoms with Crippen molar-refractivity contribution in [1.29, 1.82) is 0 Å². The van der Waals surface area contributed by atoms with Gasteiger partial charge in [0.15, 0.2) is 5.82 Å². The molecular weight excluding hydrogens is 607 g/mol. The Bertz CT molecular complexity index is 2800. The van der Waals surface area contributed by atoms with E-state index in [0.717, 1.165) is 61.0 Å². The maximum atomic E-state index is 5.23. The minimum Gasteiger partial charge on any atom is -0.247 e. The van der Waals surface area contributed by atoms with E-state index in [0.29, 0.717) is 5.82 Å². The van der Waals surface area contributed by atoms with Gasteiger partial charge in [-0.05, 0) is 44.5 Å². The minimum absolute atomic E-state index is 0.709. The van der Waals surface area contributed by atoms with E-state index >= 15 is 0 Å². The molecule has 3 heteroatoms. The van der Waals surface area contributed by atoms with Gasteiger partial charge in [-0.15, -0.1) is 0 Å². The van der Waals surface area contributed by atoms with Crippen LogP contribution in [0.25, 0.3) is 99.2 Å². The number of rotatable bonds is 4. The number of aromatic nitrogens is 3. The zero-order valence-corrected chi connectivity index (χ0v) is 27.1. The quantitative estimate of drug-likeness (QED) is 0.181. The van der Waals surface area contributed by atoms with Crippen LogP contribution in [-0.2, 0) is 0 Å². The SMILES string of the molecule is c1ccc2c(-c3cc(-c4ccc(-c5nc6ccccc6c6c5ccc5ccccc56)cc4)nc(-c4cccc5ccccc45)n3)cccc2c1. The summed E-state index contributed by atoms with van der Waals surface area (Å²) in [6, 6.07) is 62.0. The summed E-state index contributed by atoms with van der Waals surface area (Å²) in [5.41, 5.74) is 7.93. The molecule has 0 spiro atoms. The molecule has 0 N–H and O–H groups in total. The summed E-state index contributed by atoms with van der Waals surface area (Å²) in [7, 11) is 0. The minimum atomic E-state index is 0.709. The average Bonchev–Trinajstić information content (AvgIpc) is 3.19. The van der Waals surface area contributed by atoms with E-state index < -0.39 is 0 Å². The lowest BCUT2D eigenvalue weighted by atomic mass is 9.94. The van der Waals surface area contributed by atoms with Gasteiger partial charge < -0.3 is 0 Å². The summed E-state index contributed by atoms with van der Waals surface area (Å²) in [6.45, 7) is 0. The number of pyridine rings is 1. The van der Waals surface area contributed by atoms with E-state index in [1.807, 2.05) is 0 Å². The van der Waals surface area contributed by atoms with Crippen molar-refractivity contribution in [2.75, 3.05) is 0 Å². The van der Waals surface area contributed by atoms with Crippen molar-refractivity contribution in [2.45, 2.75) is 0 Å². The third-order valence-corrected chi connectivity index (χ3v) is 9.87. The molecule has 0 aliphatic heterocycles. The fraction of sp³-hybridized carbons (Fsp3) is 0. The van der Waals surface area contributed by atoms with Crippen LogP contribution in [0.1, 0.15) is 0 Å². The van der Waals surface area contributed by atoms with Gasteiger partial charge in [0, 0.05) is 38.4 Å². The summed E-state index contributed by atoms with van der Waals surface area (Å²) in [6.07, 6.45) is 0. The van der Waals surface area contributed by atoms with Crippen molar-refractivity contribution >= 4 is 54.0 Å². The van der Waals surface area contributed by atoms with Gasteiger partial charge in [0.2, 0.25) is 0 Å². The molecule has 0 saturated carbocycles. The van der Waals surface area contributed by atoms with Crippen molar-refractivity contribution in [1.82, 2.24) is 15.0 Å². The van der Waals surface area contributed by atoms with Gasteiger partial charge in [0.25, 0.3) is 0 Å². The average molecular weight is 636 g/mol. The van der Waals surface area contributed by atoms with E-state index in [1.165, 1.54) is 32.3 Å². The molecule has 3 nitrogen and oxygen atoms in total. The first-order valence-electron chi connectivity index (χ1n) is 16.9. The molecule has 2 aromatic heterocycles. The second-order valence-corrected chi connectivity index (χ2v) is 12.8. The maximum Gasteiger partial charge on any atom is 0.161 e. The third kappa shape index (κ3) is 4.63. The summed E-state index contributed by atoms with van der Waals surface area (Å²) < 4.78 is 0. The molecule has 10 aromatic rings. The first-order chi connectivity index (χ1) is 24.8. The number of para-hydroxylation sites is 1. The van der Waals surface area contributed by atoms with Gasteiger partial charge in [-0.1, -0.05) is 164 Å². The third-order valence-electron chi connectivity index (χ3n) is 9.87. The molecular formula is C47H29N3. The van der Waals surface area contributed by atoms with E-state index in [9.17, 15) is 0 Å². The number of fused-ring (bicyclic) bond motifs is 7. The van der Waals surface area contributed by atoms with E-state index in [2.05, 4.69) is 176 Å². The Labute approximate surface area is 289 Å². The fourth-order valence-corrected chi connectivity index (χ4v) is 7.46. The van der Waals surface area contributed by atoms with Gasteiger partial charge in [-0.3, -0.25) is 0 Å². The maximum absolute atomic E-state index is 5.23. The molecule has 0 saturated heterocycles. The highest BCUT2D eigenvalue weighted by molar-refractivity contribution is 6.22. The second-order valence-electron chi connectivity index (χ2n) is 12.8. The molecule has 232 valence electrons. The van der Waals surface area contributed by atoms with E-state index in [-0.39, 0.29) is 0 Å². The van der Waals surface area contributed by atoms with Gasteiger partial charge in [0.05, 0.1) is 22.6 Å². The highest BCUT2D eigenvalue weighted by Gasteiger charge is 2.16. The lowest BCUT2D eigenvalue weighted by Gasteiger charge is -2.14. The Morgan fingerprint density at radius 1 is 0.320 bits per heavy atom. The van der Waals surface area contributed by atoms with Crippen LogP contribution in [0.3, 0.4) is 0 Å². The molecule has 10 rings (SSSR count). The molecule has 2 heterocycles. The zero-order chi connectivity index (χ0) is 33.0. The lowest BCUT2D eigenvalue weighted by Crippen LogP contribution is -1.97. The van der Waals surface area contributed by atoms with Crippen LogP contribution in [0.15, 0.2) is 176 Å². The van der Waals surface area contributed by atoms with Crippen molar-refractivity contribution in [3.8, 4) is 45.2 Å². The number of benzene rings is 8. The Balaban J connectivity index is 1.16.